The third kappa shape index (κ3) is 4.82. The van der Waals surface area contributed by atoms with Crippen molar-refractivity contribution in [2.24, 2.45) is 0 Å². The summed E-state index contributed by atoms with van der Waals surface area (Å²) in [5, 5.41) is 0. The molecule has 0 radical (unpaired) electrons. The number of hydrogen-bond acceptors (Lipinski definition) is 5. The topological polar surface area (TPSA) is 77.8 Å². The lowest BCUT2D eigenvalue weighted by Crippen LogP contribution is -2.56. The number of para-hydroxylation sites is 1. The quantitative estimate of drug-likeness (QED) is 0.584. The highest BCUT2D eigenvalue weighted by molar-refractivity contribution is 7.89. The van der Waals surface area contributed by atoms with E-state index >= 15 is 0 Å². The van der Waals surface area contributed by atoms with Crippen LogP contribution in [0.25, 0.3) is 0 Å². The number of nitrogens with zero attached hydrogens (tertiary/aromatic N) is 2. The third-order valence-corrected chi connectivity index (χ3v) is 7.11. The van der Waals surface area contributed by atoms with Crippen molar-refractivity contribution in [3.63, 3.8) is 0 Å². The molecule has 1 aromatic heterocycles. The van der Waals surface area contributed by atoms with Crippen LogP contribution in [0.5, 0.6) is 11.5 Å². The Labute approximate surface area is 170 Å². The zero-order chi connectivity index (χ0) is 20.4. The van der Waals surface area contributed by atoms with Gasteiger partial charge in [0.1, 0.15) is 17.6 Å². The Morgan fingerprint density at radius 3 is 2.45 bits per heavy atom. The molecule has 156 valence electrons. The molecule has 0 unspecified atom stereocenters. The number of hydrogen-bond donors (Lipinski definition) is 0. The molecule has 1 aliphatic carbocycles. The van der Waals surface area contributed by atoms with Gasteiger partial charge in [0, 0.05) is 17.8 Å². The molecule has 2 aromatic rings. The fourth-order valence-electron chi connectivity index (χ4n) is 3.52. The molecule has 0 N–H and O–H groups in total. The molecule has 0 amide bonds. The lowest BCUT2D eigenvalue weighted by molar-refractivity contribution is 0.0758. The smallest absolute Gasteiger partial charge is 0.254 e. The van der Waals surface area contributed by atoms with Crippen LogP contribution >= 0.6 is 0 Å². The minimum atomic E-state index is -3.32. The first kappa shape index (κ1) is 20.0. The molecule has 8 heteroatoms. The molecule has 2 aliphatic rings. The minimum Gasteiger partial charge on any atom is -0.494 e. The monoisotopic (exact) mass is 418 g/mol. The summed E-state index contributed by atoms with van der Waals surface area (Å²) in [5.74, 6) is 1.30. The van der Waals surface area contributed by atoms with Gasteiger partial charge in [-0.1, -0.05) is 18.2 Å². The van der Waals surface area contributed by atoms with E-state index in [9.17, 15) is 13.2 Å². The number of sulfonamides is 1. The summed E-state index contributed by atoms with van der Waals surface area (Å²) >= 11 is 0. The Bertz CT molecular complexity index is 1010. The first-order valence-corrected chi connectivity index (χ1v) is 11.6. The van der Waals surface area contributed by atoms with Crippen LogP contribution in [0.4, 0.5) is 0 Å². The molecular weight excluding hydrogens is 392 g/mol. The zero-order valence-electron chi connectivity index (χ0n) is 16.5. The second kappa shape index (κ2) is 8.20. The summed E-state index contributed by atoms with van der Waals surface area (Å²) in [5.41, 5.74) is 0.835. The average Bonchev–Trinajstić information content (AvgIpc) is 3.46. The number of pyridine rings is 1. The number of ether oxygens (including phenoxy) is 2. The Balaban J connectivity index is 1.23. The number of rotatable bonds is 9. The van der Waals surface area contributed by atoms with Gasteiger partial charge in [-0.15, -0.1) is 0 Å². The summed E-state index contributed by atoms with van der Waals surface area (Å²) in [6, 6.07) is 13.0. The van der Waals surface area contributed by atoms with Crippen LogP contribution in [-0.2, 0) is 10.0 Å². The molecule has 0 bridgehead atoms. The predicted molar refractivity (Wildman–Crippen MR) is 110 cm³/mol. The highest BCUT2D eigenvalue weighted by Gasteiger charge is 2.37. The minimum absolute atomic E-state index is 0.0447. The van der Waals surface area contributed by atoms with Gasteiger partial charge in [-0.05, 0) is 44.4 Å². The van der Waals surface area contributed by atoms with Gasteiger partial charge in [0.15, 0.2) is 0 Å². The summed E-state index contributed by atoms with van der Waals surface area (Å²) in [4.78, 5) is 12.3. The van der Waals surface area contributed by atoms with E-state index in [1.807, 2.05) is 47.9 Å². The van der Waals surface area contributed by atoms with Gasteiger partial charge in [0.05, 0.1) is 25.4 Å². The molecule has 0 atom stereocenters. The van der Waals surface area contributed by atoms with Crippen LogP contribution in [0.3, 0.4) is 0 Å². The van der Waals surface area contributed by atoms with Crippen LogP contribution < -0.4 is 15.0 Å². The predicted octanol–water partition coefficient (Wildman–Crippen LogP) is 2.35. The van der Waals surface area contributed by atoms with Crippen molar-refractivity contribution in [1.82, 2.24) is 8.87 Å². The second-order valence-corrected chi connectivity index (χ2v) is 9.75. The maximum atomic E-state index is 12.4. The molecule has 2 fully saturated rings. The molecular formula is C21H26N2O5S. The molecule has 29 heavy (non-hydrogen) atoms. The maximum absolute atomic E-state index is 12.4. The third-order valence-electron chi connectivity index (χ3n) is 5.22. The van der Waals surface area contributed by atoms with Gasteiger partial charge in [0.2, 0.25) is 10.0 Å². The van der Waals surface area contributed by atoms with Crippen molar-refractivity contribution in [3.05, 3.63) is 58.5 Å². The fraction of sp³-hybridized carbons (Fsp3) is 0.476. The van der Waals surface area contributed by atoms with Crippen molar-refractivity contribution < 1.29 is 17.9 Å². The zero-order valence-corrected chi connectivity index (χ0v) is 17.3. The van der Waals surface area contributed by atoms with Crippen LogP contribution in [0.2, 0.25) is 0 Å². The number of benzene rings is 1. The first-order valence-electron chi connectivity index (χ1n) is 9.98. The standard InChI is InChI=1S/C21H26N2O5S/c1-16-12-19(13-21(24)23(16)17-8-9-17)28-20-14-22(15-20)29(25,26)11-5-10-27-18-6-3-2-4-7-18/h2-4,6-7,12-13,17,20H,5,8-11,14-15H2,1H3. The van der Waals surface area contributed by atoms with Crippen LogP contribution in [0.15, 0.2) is 47.3 Å². The molecule has 1 saturated heterocycles. The van der Waals surface area contributed by atoms with Crippen LogP contribution in [0.1, 0.15) is 31.0 Å². The fourth-order valence-corrected chi connectivity index (χ4v) is 5.05. The largest absolute Gasteiger partial charge is 0.494 e. The van der Waals surface area contributed by atoms with Crippen molar-refractivity contribution in [2.45, 2.75) is 38.3 Å². The SMILES string of the molecule is Cc1cc(OC2CN(S(=O)(=O)CCCOc3ccccc3)C2)cc(=O)n1C1CC1. The molecule has 1 aromatic carbocycles. The van der Waals surface area contributed by atoms with E-state index in [2.05, 4.69) is 0 Å². The van der Waals surface area contributed by atoms with Crippen molar-refractivity contribution in [3.8, 4) is 11.5 Å². The molecule has 4 rings (SSSR count). The molecule has 1 saturated carbocycles. The lowest BCUT2D eigenvalue weighted by atomic mass is 10.2. The van der Waals surface area contributed by atoms with Crippen molar-refractivity contribution >= 4 is 10.0 Å². The normalized spacial score (nSPS) is 17.7. The Morgan fingerprint density at radius 1 is 1.07 bits per heavy atom. The first-order chi connectivity index (χ1) is 13.9. The average molecular weight is 419 g/mol. The Morgan fingerprint density at radius 2 is 1.79 bits per heavy atom. The highest BCUT2D eigenvalue weighted by Crippen LogP contribution is 2.35. The van der Waals surface area contributed by atoms with E-state index in [0.29, 0.717) is 37.9 Å². The molecule has 2 heterocycles. The van der Waals surface area contributed by atoms with E-state index in [1.54, 1.807) is 0 Å². The number of aryl methyl sites for hydroxylation is 1. The molecule has 1 aliphatic heterocycles. The lowest BCUT2D eigenvalue weighted by Gasteiger charge is -2.37. The highest BCUT2D eigenvalue weighted by atomic mass is 32.2. The van der Waals surface area contributed by atoms with Gasteiger partial charge in [0.25, 0.3) is 5.56 Å². The van der Waals surface area contributed by atoms with Crippen molar-refractivity contribution in [1.29, 1.82) is 0 Å². The Hall–Kier alpha value is -2.32. The van der Waals surface area contributed by atoms with Crippen LogP contribution in [0, 0.1) is 6.92 Å². The van der Waals surface area contributed by atoms with E-state index in [-0.39, 0.29) is 17.4 Å². The van der Waals surface area contributed by atoms with Gasteiger partial charge >= 0.3 is 0 Å². The second-order valence-electron chi connectivity index (χ2n) is 7.66. The maximum Gasteiger partial charge on any atom is 0.254 e. The van der Waals surface area contributed by atoms with E-state index in [1.165, 1.54) is 10.4 Å². The van der Waals surface area contributed by atoms with Gasteiger partial charge in [-0.25, -0.2) is 8.42 Å². The molecule has 0 spiro atoms. The summed E-state index contributed by atoms with van der Waals surface area (Å²) in [7, 11) is -3.32. The van der Waals surface area contributed by atoms with Gasteiger partial charge in [-0.3, -0.25) is 4.79 Å². The van der Waals surface area contributed by atoms with Gasteiger partial charge < -0.3 is 14.0 Å². The summed E-state index contributed by atoms with van der Waals surface area (Å²) < 4.78 is 39.5. The summed E-state index contributed by atoms with van der Waals surface area (Å²) in [6.45, 7) is 2.88. The number of aromatic nitrogens is 1. The van der Waals surface area contributed by atoms with E-state index in [0.717, 1.165) is 24.3 Å². The van der Waals surface area contributed by atoms with E-state index < -0.39 is 10.0 Å². The van der Waals surface area contributed by atoms with Gasteiger partial charge in [-0.2, -0.15) is 4.31 Å². The summed E-state index contributed by atoms with van der Waals surface area (Å²) in [6.07, 6.45) is 2.30. The van der Waals surface area contributed by atoms with Crippen LogP contribution in [-0.4, -0.2) is 48.8 Å². The Kier molecular flexibility index (Phi) is 5.65. The molecule has 7 nitrogen and oxygen atoms in total. The van der Waals surface area contributed by atoms with Crippen molar-refractivity contribution in [2.75, 3.05) is 25.4 Å². The van der Waals surface area contributed by atoms with E-state index in [4.69, 9.17) is 9.47 Å².